The summed E-state index contributed by atoms with van der Waals surface area (Å²) < 4.78 is 18.5. The van der Waals surface area contributed by atoms with E-state index in [0.29, 0.717) is 18.9 Å². The number of benzene rings is 1. The Balaban J connectivity index is 2.10. The topological polar surface area (TPSA) is 75.4 Å². The van der Waals surface area contributed by atoms with Crippen LogP contribution in [0, 0.1) is 11.7 Å². The number of halogens is 1. The quantitative estimate of drug-likeness (QED) is 0.845. The fourth-order valence-electron chi connectivity index (χ4n) is 2.10. The Hall–Kier alpha value is -2.70. The Bertz CT molecular complexity index is 686. The van der Waals surface area contributed by atoms with E-state index < -0.39 is 17.6 Å². The average Bonchev–Trinajstić information content (AvgIpc) is 3.04. The van der Waals surface area contributed by atoms with Gasteiger partial charge in [-0.2, -0.15) is 0 Å². The molecule has 0 spiro atoms. The monoisotopic (exact) mass is 333 g/mol. The molecule has 7 heteroatoms. The summed E-state index contributed by atoms with van der Waals surface area (Å²) in [6, 6.07) is 7.24. The van der Waals surface area contributed by atoms with Crippen LogP contribution in [0.1, 0.15) is 30.6 Å². The Morgan fingerprint density at radius 3 is 2.67 bits per heavy atom. The molecule has 0 atom stereocenters. The smallest absolute Gasteiger partial charge is 0.257 e. The van der Waals surface area contributed by atoms with Crippen LogP contribution < -0.4 is 5.32 Å². The van der Waals surface area contributed by atoms with Gasteiger partial charge in [0.15, 0.2) is 5.82 Å². The fourth-order valence-corrected chi connectivity index (χ4v) is 2.10. The number of nitrogens with zero attached hydrogens (tertiary/aromatic N) is 2. The summed E-state index contributed by atoms with van der Waals surface area (Å²) in [5, 5.41) is 6.11. The first kappa shape index (κ1) is 17.7. The van der Waals surface area contributed by atoms with Crippen LogP contribution in [0.15, 0.2) is 41.1 Å². The van der Waals surface area contributed by atoms with Crippen molar-refractivity contribution in [1.29, 1.82) is 0 Å². The van der Waals surface area contributed by atoms with Gasteiger partial charge in [-0.3, -0.25) is 9.59 Å². The second-order valence-electron chi connectivity index (χ2n) is 5.82. The third-order valence-electron chi connectivity index (χ3n) is 3.41. The van der Waals surface area contributed by atoms with Crippen LogP contribution in [-0.2, 0) is 4.79 Å². The SMILES string of the molecule is CC(C)CCN(CC(=O)Nc1ccon1)C(=O)c1ccccc1F. The van der Waals surface area contributed by atoms with Gasteiger partial charge in [0.1, 0.15) is 18.6 Å². The highest BCUT2D eigenvalue weighted by Crippen LogP contribution is 2.12. The summed E-state index contributed by atoms with van der Waals surface area (Å²) in [6.45, 7) is 4.20. The molecule has 2 amide bonds. The normalized spacial score (nSPS) is 10.7. The zero-order valence-electron chi connectivity index (χ0n) is 13.7. The Morgan fingerprint density at radius 1 is 1.29 bits per heavy atom. The molecular formula is C17H20FN3O3. The van der Waals surface area contributed by atoms with Crippen LogP contribution >= 0.6 is 0 Å². The first-order chi connectivity index (χ1) is 11.5. The van der Waals surface area contributed by atoms with Crippen LogP contribution in [-0.4, -0.2) is 35.0 Å². The number of hydrogen-bond donors (Lipinski definition) is 1. The zero-order valence-corrected chi connectivity index (χ0v) is 13.7. The molecule has 1 aromatic carbocycles. The van der Waals surface area contributed by atoms with Crippen LogP contribution in [0.2, 0.25) is 0 Å². The lowest BCUT2D eigenvalue weighted by Crippen LogP contribution is -2.39. The lowest BCUT2D eigenvalue weighted by molar-refractivity contribution is -0.117. The molecule has 0 unspecified atom stereocenters. The average molecular weight is 333 g/mol. The summed E-state index contributed by atoms with van der Waals surface area (Å²) in [4.78, 5) is 26.0. The zero-order chi connectivity index (χ0) is 17.5. The Labute approximate surface area is 139 Å². The van der Waals surface area contributed by atoms with Crippen LogP contribution in [0.3, 0.4) is 0 Å². The molecule has 0 saturated heterocycles. The van der Waals surface area contributed by atoms with Crippen molar-refractivity contribution in [3.63, 3.8) is 0 Å². The van der Waals surface area contributed by atoms with Crippen molar-refractivity contribution in [2.45, 2.75) is 20.3 Å². The number of anilines is 1. The number of rotatable bonds is 7. The molecule has 0 saturated carbocycles. The largest absolute Gasteiger partial charge is 0.363 e. The van der Waals surface area contributed by atoms with Gasteiger partial charge in [-0.05, 0) is 24.5 Å². The third kappa shape index (κ3) is 4.91. The maximum Gasteiger partial charge on any atom is 0.257 e. The van der Waals surface area contributed by atoms with Gasteiger partial charge in [-0.1, -0.05) is 31.1 Å². The maximum atomic E-state index is 13.9. The van der Waals surface area contributed by atoms with E-state index in [-0.39, 0.29) is 17.9 Å². The van der Waals surface area contributed by atoms with Crippen molar-refractivity contribution in [2.24, 2.45) is 5.92 Å². The number of aromatic nitrogens is 1. The van der Waals surface area contributed by atoms with Gasteiger partial charge < -0.3 is 14.7 Å². The van der Waals surface area contributed by atoms with Gasteiger partial charge >= 0.3 is 0 Å². The van der Waals surface area contributed by atoms with E-state index in [9.17, 15) is 14.0 Å². The summed E-state index contributed by atoms with van der Waals surface area (Å²) in [5.74, 6) is -0.919. The minimum Gasteiger partial charge on any atom is -0.363 e. The molecule has 0 bridgehead atoms. The number of carbonyl (C=O) groups is 2. The molecule has 0 aliphatic carbocycles. The Morgan fingerprint density at radius 2 is 2.04 bits per heavy atom. The molecule has 1 heterocycles. The molecule has 6 nitrogen and oxygen atoms in total. The highest BCUT2D eigenvalue weighted by atomic mass is 19.1. The third-order valence-corrected chi connectivity index (χ3v) is 3.41. The highest BCUT2D eigenvalue weighted by Gasteiger charge is 2.21. The predicted octanol–water partition coefficient (Wildman–Crippen LogP) is 2.94. The van der Waals surface area contributed by atoms with Gasteiger partial charge in [-0.15, -0.1) is 0 Å². The number of hydrogen-bond acceptors (Lipinski definition) is 4. The highest BCUT2D eigenvalue weighted by molar-refractivity contribution is 5.99. The van der Waals surface area contributed by atoms with Crippen LogP contribution in [0.25, 0.3) is 0 Å². The molecule has 0 radical (unpaired) electrons. The predicted molar refractivity (Wildman–Crippen MR) is 86.9 cm³/mol. The van der Waals surface area contributed by atoms with Crippen molar-refractivity contribution in [3.8, 4) is 0 Å². The number of amides is 2. The second-order valence-corrected chi connectivity index (χ2v) is 5.82. The summed E-state index contributed by atoms with van der Waals surface area (Å²) in [7, 11) is 0. The van der Waals surface area contributed by atoms with Crippen molar-refractivity contribution >= 4 is 17.6 Å². The molecule has 0 aliphatic rings. The van der Waals surface area contributed by atoms with Gasteiger partial charge in [0.05, 0.1) is 5.56 Å². The van der Waals surface area contributed by atoms with E-state index in [1.54, 1.807) is 6.07 Å². The van der Waals surface area contributed by atoms with Crippen molar-refractivity contribution in [1.82, 2.24) is 10.1 Å². The van der Waals surface area contributed by atoms with Crippen LogP contribution in [0.5, 0.6) is 0 Å². The van der Waals surface area contributed by atoms with Gasteiger partial charge in [-0.25, -0.2) is 4.39 Å². The molecular weight excluding hydrogens is 313 g/mol. The van der Waals surface area contributed by atoms with Gasteiger partial charge in [0.25, 0.3) is 5.91 Å². The van der Waals surface area contributed by atoms with E-state index in [1.807, 2.05) is 13.8 Å². The minimum atomic E-state index is -0.603. The molecule has 0 fully saturated rings. The standard InChI is InChI=1S/C17H20FN3O3/c1-12(2)7-9-21(11-16(22)19-15-8-10-24-20-15)17(23)13-5-3-4-6-14(13)18/h3-6,8,10,12H,7,9,11H2,1-2H3,(H,19,20,22). The molecule has 1 N–H and O–H groups in total. The van der Waals surface area contributed by atoms with E-state index in [0.717, 1.165) is 0 Å². The lowest BCUT2D eigenvalue weighted by atomic mass is 10.1. The minimum absolute atomic E-state index is 0.0458. The van der Waals surface area contributed by atoms with E-state index in [2.05, 4.69) is 15.0 Å². The first-order valence-corrected chi connectivity index (χ1v) is 7.71. The summed E-state index contributed by atoms with van der Waals surface area (Å²) in [5.41, 5.74) is -0.0458. The van der Waals surface area contributed by atoms with Gasteiger partial charge in [0, 0.05) is 12.6 Å². The van der Waals surface area contributed by atoms with Gasteiger partial charge in [0.2, 0.25) is 5.91 Å². The van der Waals surface area contributed by atoms with Crippen molar-refractivity contribution in [3.05, 3.63) is 48.0 Å². The van der Waals surface area contributed by atoms with E-state index in [4.69, 9.17) is 0 Å². The number of nitrogens with one attached hydrogen (secondary N) is 1. The fraction of sp³-hybridized carbons (Fsp3) is 0.353. The number of carbonyl (C=O) groups excluding carboxylic acids is 2. The van der Waals surface area contributed by atoms with E-state index >= 15 is 0 Å². The summed E-state index contributed by atoms with van der Waals surface area (Å²) in [6.07, 6.45) is 2.04. The molecule has 2 rings (SSSR count). The molecule has 1 aromatic heterocycles. The van der Waals surface area contributed by atoms with Crippen LogP contribution in [0.4, 0.5) is 10.2 Å². The van der Waals surface area contributed by atoms with Crippen molar-refractivity contribution < 1.29 is 18.5 Å². The Kier molecular flexibility index (Phi) is 6.06. The van der Waals surface area contributed by atoms with Crippen molar-refractivity contribution in [2.75, 3.05) is 18.4 Å². The first-order valence-electron chi connectivity index (χ1n) is 7.71. The maximum absolute atomic E-state index is 13.9. The lowest BCUT2D eigenvalue weighted by Gasteiger charge is -2.23. The molecule has 24 heavy (non-hydrogen) atoms. The summed E-state index contributed by atoms with van der Waals surface area (Å²) >= 11 is 0. The van der Waals surface area contributed by atoms with E-state index in [1.165, 1.54) is 35.4 Å². The molecule has 128 valence electrons. The molecule has 0 aliphatic heterocycles. The second kappa shape index (κ2) is 8.24. The molecule has 2 aromatic rings.